The summed E-state index contributed by atoms with van der Waals surface area (Å²) in [5.74, 6) is 0. The molecule has 1 unspecified atom stereocenters. The van der Waals surface area contributed by atoms with Gasteiger partial charge in [-0.25, -0.2) is 9.48 Å². The van der Waals surface area contributed by atoms with Crippen LogP contribution in [0.4, 0.5) is 4.79 Å². The van der Waals surface area contributed by atoms with Crippen LogP contribution in [0.25, 0.3) is 0 Å². The fourth-order valence-electron chi connectivity index (χ4n) is 1.15. The van der Waals surface area contributed by atoms with Gasteiger partial charge in [-0.3, -0.25) is 0 Å². The minimum Gasteiger partial charge on any atom is -0.444 e. The van der Waals surface area contributed by atoms with Gasteiger partial charge in [-0.2, -0.15) is 0 Å². The minimum absolute atomic E-state index is 0.0586. The van der Waals surface area contributed by atoms with Gasteiger partial charge in [-0.15, -0.1) is 5.10 Å². The van der Waals surface area contributed by atoms with Crippen molar-refractivity contribution in [2.75, 3.05) is 6.54 Å². The quantitative estimate of drug-likeness (QED) is 0.661. The monoisotopic (exact) mass is 183 g/mol. The Bertz CT molecular complexity index is 285. The van der Waals surface area contributed by atoms with E-state index in [1.54, 1.807) is 4.68 Å². The molecule has 1 saturated heterocycles. The molecule has 0 saturated carbocycles. The van der Waals surface area contributed by atoms with E-state index in [2.05, 4.69) is 20.8 Å². The molecule has 0 bridgehead atoms. The molecule has 1 fully saturated rings. The third-order valence-corrected chi connectivity index (χ3v) is 1.82. The van der Waals surface area contributed by atoms with Crippen molar-refractivity contribution in [2.24, 2.45) is 0 Å². The van der Waals surface area contributed by atoms with Crippen molar-refractivity contribution in [2.45, 2.75) is 19.1 Å². The molecule has 0 aliphatic carbocycles. The number of ether oxygens (including phenoxy) is 1. The fourth-order valence-corrected chi connectivity index (χ4v) is 1.15. The van der Waals surface area contributed by atoms with E-state index < -0.39 is 0 Å². The zero-order valence-corrected chi connectivity index (χ0v) is 6.88. The van der Waals surface area contributed by atoms with Crippen molar-refractivity contribution in [3.63, 3.8) is 0 Å². The second-order valence-electron chi connectivity index (χ2n) is 2.77. The third kappa shape index (κ3) is 1.92. The Morgan fingerprint density at radius 3 is 3.31 bits per heavy atom. The minimum atomic E-state index is -0.346. The maximum atomic E-state index is 10.6. The van der Waals surface area contributed by atoms with E-state index in [-0.39, 0.29) is 12.2 Å². The highest BCUT2D eigenvalue weighted by Gasteiger charge is 2.21. The van der Waals surface area contributed by atoms with Crippen LogP contribution in [0, 0.1) is 0 Å². The van der Waals surface area contributed by atoms with Gasteiger partial charge in [0.05, 0.1) is 6.54 Å². The second kappa shape index (κ2) is 3.38. The molecule has 13 heavy (non-hydrogen) atoms. The number of hydrogen-bond acceptors (Lipinski definition) is 5. The van der Waals surface area contributed by atoms with Crippen LogP contribution in [0.2, 0.25) is 0 Å². The summed E-state index contributed by atoms with van der Waals surface area (Å²) >= 11 is 0. The Morgan fingerprint density at radius 1 is 1.77 bits per heavy atom. The Morgan fingerprint density at radius 2 is 2.69 bits per heavy atom. The van der Waals surface area contributed by atoms with E-state index in [1.165, 1.54) is 6.33 Å². The second-order valence-corrected chi connectivity index (χ2v) is 2.77. The molecule has 0 spiro atoms. The van der Waals surface area contributed by atoms with Crippen LogP contribution in [-0.4, -0.2) is 38.9 Å². The number of aryl methyl sites for hydroxylation is 1. The number of nitrogens with one attached hydrogen (secondary N) is 1. The Balaban J connectivity index is 1.77. The molecule has 1 amide bonds. The van der Waals surface area contributed by atoms with Crippen LogP contribution in [0.5, 0.6) is 0 Å². The number of cyclic esters (lactones) is 1. The third-order valence-electron chi connectivity index (χ3n) is 1.82. The zero-order valence-electron chi connectivity index (χ0n) is 6.88. The number of alkyl carbamates (subject to hydrolysis) is 1. The summed E-state index contributed by atoms with van der Waals surface area (Å²) in [6.45, 7) is 1.23. The molecular weight excluding hydrogens is 174 g/mol. The van der Waals surface area contributed by atoms with Gasteiger partial charge in [0.15, 0.2) is 0 Å². The molecule has 1 aliphatic rings. The van der Waals surface area contributed by atoms with Gasteiger partial charge < -0.3 is 10.1 Å². The number of nitrogens with zero attached hydrogens (tertiary/aromatic N) is 4. The fraction of sp³-hybridized carbons (Fsp3) is 0.667. The Labute approximate surface area is 74.1 Å². The van der Waals surface area contributed by atoms with Crippen molar-refractivity contribution in [3.8, 4) is 0 Å². The standard InChI is InChI=1S/C6H9N5O2/c12-6-7-3-5(13-6)1-2-11-4-8-9-10-11/h4-5H,1-3H2,(H,7,12). The zero-order chi connectivity index (χ0) is 9.10. The van der Waals surface area contributed by atoms with Crippen molar-refractivity contribution in [1.82, 2.24) is 25.5 Å². The normalized spacial score (nSPS) is 21.2. The van der Waals surface area contributed by atoms with Crippen LogP contribution >= 0.6 is 0 Å². The van der Waals surface area contributed by atoms with E-state index >= 15 is 0 Å². The average molecular weight is 183 g/mol. The van der Waals surface area contributed by atoms with Crippen LogP contribution in [0.1, 0.15) is 6.42 Å². The van der Waals surface area contributed by atoms with E-state index in [0.29, 0.717) is 13.1 Å². The molecule has 0 aromatic carbocycles. The highest BCUT2D eigenvalue weighted by atomic mass is 16.6. The number of aromatic nitrogens is 4. The molecular formula is C6H9N5O2. The van der Waals surface area contributed by atoms with Crippen molar-refractivity contribution < 1.29 is 9.53 Å². The largest absolute Gasteiger partial charge is 0.444 e. The summed E-state index contributed by atoms with van der Waals surface area (Å²) in [6, 6.07) is 0. The molecule has 7 nitrogen and oxygen atoms in total. The lowest BCUT2D eigenvalue weighted by molar-refractivity contribution is 0.132. The lowest BCUT2D eigenvalue weighted by atomic mass is 10.2. The van der Waals surface area contributed by atoms with Gasteiger partial charge in [0.2, 0.25) is 0 Å². The summed E-state index contributed by atoms with van der Waals surface area (Å²) in [5, 5.41) is 13.3. The molecule has 1 aliphatic heterocycles. The maximum Gasteiger partial charge on any atom is 0.407 e. The Kier molecular flexibility index (Phi) is 2.07. The lowest BCUT2D eigenvalue weighted by Gasteiger charge is -2.05. The van der Waals surface area contributed by atoms with Crippen molar-refractivity contribution in [3.05, 3.63) is 6.33 Å². The number of carbonyl (C=O) groups is 1. The van der Waals surface area contributed by atoms with Crippen LogP contribution in [0.15, 0.2) is 6.33 Å². The molecule has 1 aromatic heterocycles. The summed E-state index contributed by atoms with van der Waals surface area (Å²) < 4.78 is 6.53. The number of rotatable bonds is 3. The summed E-state index contributed by atoms with van der Waals surface area (Å²) in [5.41, 5.74) is 0. The van der Waals surface area contributed by atoms with E-state index in [9.17, 15) is 4.79 Å². The van der Waals surface area contributed by atoms with E-state index in [4.69, 9.17) is 4.74 Å². The van der Waals surface area contributed by atoms with Crippen LogP contribution in [0.3, 0.4) is 0 Å². The predicted octanol–water partition coefficient (Wildman–Crippen LogP) is -0.828. The van der Waals surface area contributed by atoms with Gasteiger partial charge >= 0.3 is 6.09 Å². The molecule has 1 N–H and O–H groups in total. The first kappa shape index (κ1) is 7.96. The lowest BCUT2D eigenvalue weighted by Crippen LogP contribution is -2.16. The van der Waals surface area contributed by atoms with Gasteiger partial charge in [0, 0.05) is 13.0 Å². The highest BCUT2D eigenvalue weighted by Crippen LogP contribution is 2.05. The molecule has 2 heterocycles. The molecule has 2 rings (SSSR count). The van der Waals surface area contributed by atoms with E-state index in [0.717, 1.165) is 6.42 Å². The molecule has 0 radical (unpaired) electrons. The first-order valence-electron chi connectivity index (χ1n) is 4.00. The van der Waals surface area contributed by atoms with Gasteiger partial charge in [-0.1, -0.05) is 0 Å². The topological polar surface area (TPSA) is 81.9 Å². The van der Waals surface area contributed by atoms with E-state index in [1.807, 2.05) is 0 Å². The van der Waals surface area contributed by atoms with Crippen molar-refractivity contribution >= 4 is 6.09 Å². The molecule has 1 aromatic rings. The van der Waals surface area contributed by atoms with Crippen molar-refractivity contribution in [1.29, 1.82) is 0 Å². The number of hydrogen-bond donors (Lipinski definition) is 1. The van der Waals surface area contributed by atoms with Crippen LogP contribution in [-0.2, 0) is 11.3 Å². The molecule has 7 heteroatoms. The predicted molar refractivity (Wildman–Crippen MR) is 40.7 cm³/mol. The van der Waals surface area contributed by atoms with Gasteiger partial charge in [0.1, 0.15) is 12.4 Å². The smallest absolute Gasteiger partial charge is 0.407 e. The number of carbonyl (C=O) groups excluding carboxylic acids is 1. The maximum absolute atomic E-state index is 10.6. The number of tetrazole rings is 1. The number of amides is 1. The van der Waals surface area contributed by atoms with Gasteiger partial charge in [-0.05, 0) is 10.4 Å². The first-order chi connectivity index (χ1) is 6.34. The van der Waals surface area contributed by atoms with Crippen LogP contribution < -0.4 is 5.32 Å². The molecule has 70 valence electrons. The molecule has 1 atom stereocenters. The van der Waals surface area contributed by atoms with Gasteiger partial charge in [0.25, 0.3) is 0 Å². The summed E-state index contributed by atoms with van der Waals surface area (Å²) in [6.07, 6.45) is 1.85. The average Bonchev–Trinajstić information content (AvgIpc) is 2.71. The first-order valence-corrected chi connectivity index (χ1v) is 4.00. The summed E-state index contributed by atoms with van der Waals surface area (Å²) in [4.78, 5) is 10.6. The highest BCUT2D eigenvalue weighted by molar-refractivity contribution is 5.69. The SMILES string of the molecule is O=C1NCC(CCn2cnnn2)O1. The Hall–Kier alpha value is -1.66. The summed E-state index contributed by atoms with van der Waals surface area (Å²) in [7, 11) is 0.